The van der Waals surface area contributed by atoms with Crippen LogP contribution in [0.4, 0.5) is 5.69 Å². The predicted molar refractivity (Wildman–Crippen MR) is 91.6 cm³/mol. The predicted octanol–water partition coefficient (Wildman–Crippen LogP) is 2.44. The molecule has 122 valence electrons. The second-order valence-electron chi connectivity index (χ2n) is 5.53. The Morgan fingerprint density at radius 1 is 1.22 bits per heavy atom. The molecule has 0 bridgehead atoms. The second kappa shape index (κ2) is 8.29. The number of aromatic nitrogens is 1. The van der Waals surface area contributed by atoms with Crippen LogP contribution in [0.5, 0.6) is 0 Å². The van der Waals surface area contributed by atoms with Crippen LogP contribution >= 0.6 is 0 Å². The number of ether oxygens (including phenoxy) is 1. The molecule has 0 fully saturated rings. The van der Waals surface area contributed by atoms with E-state index in [0.717, 1.165) is 11.3 Å². The molecule has 5 heteroatoms. The van der Waals surface area contributed by atoms with Gasteiger partial charge < -0.3 is 14.5 Å². The van der Waals surface area contributed by atoms with Gasteiger partial charge in [0.2, 0.25) is 0 Å². The van der Waals surface area contributed by atoms with Crippen LogP contribution in [0.1, 0.15) is 15.9 Å². The van der Waals surface area contributed by atoms with Crippen molar-refractivity contribution in [3.05, 3.63) is 59.9 Å². The Labute approximate surface area is 137 Å². The van der Waals surface area contributed by atoms with Gasteiger partial charge in [-0.15, -0.1) is 0 Å². The van der Waals surface area contributed by atoms with Crippen LogP contribution in [0.25, 0.3) is 0 Å². The molecule has 0 saturated carbocycles. The van der Waals surface area contributed by atoms with E-state index in [1.54, 1.807) is 24.4 Å². The normalized spacial score (nSPS) is 10.4. The van der Waals surface area contributed by atoms with Gasteiger partial charge in [-0.3, -0.25) is 9.78 Å². The smallest absolute Gasteiger partial charge is 0.254 e. The molecule has 0 atom stereocenters. The minimum atomic E-state index is -0.00500. The molecule has 1 aromatic heterocycles. The van der Waals surface area contributed by atoms with E-state index < -0.39 is 0 Å². The van der Waals surface area contributed by atoms with Crippen LogP contribution in [0.15, 0.2) is 48.8 Å². The minimum absolute atomic E-state index is 0.00500. The lowest BCUT2D eigenvalue weighted by atomic mass is 10.1. The van der Waals surface area contributed by atoms with Crippen LogP contribution in [-0.2, 0) is 11.3 Å². The van der Waals surface area contributed by atoms with E-state index in [2.05, 4.69) is 4.98 Å². The molecule has 23 heavy (non-hydrogen) atoms. The van der Waals surface area contributed by atoms with E-state index >= 15 is 0 Å². The monoisotopic (exact) mass is 313 g/mol. The SMILES string of the molecule is COCCN(Cc1cccnc1)C(=O)c1cccc(N(C)C)c1. The van der Waals surface area contributed by atoms with Crippen molar-refractivity contribution in [2.24, 2.45) is 0 Å². The molecule has 0 N–H and O–H groups in total. The molecule has 0 spiro atoms. The third kappa shape index (κ3) is 4.79. The third-order valence-corrected chi connectivity index (χ3v) is 3.56. The number of amides is 1. The van der Waals surface area contributed by atoms with Gasteiger partial charge in [-0.05, 0) is 29.8 Å². The number of pyridine rings is 1. The molecule has 5 nitrogen and oxygen atoms in total. The molecule has 1 aromatic carbocycles. The number of carbonyl (C=O) groups is 1. The van der Waals surface area contributed by atoms with Crippen molar-refractivity contribution in [2.75, 3.05) is 39.3 Å². The summed E-state index contributed by atoms with van der Waals surface area (Å²) in [4.78, 5) is 20.7. The quantitative estimate of drug-likeness (QED) is 0.787. The van der Waals surface area contributed by atoms with Gasteiger partial charge >= 0.3 is 0 Å². The fourth-order valence-corrected chi connectivity index (χ4v) is 2.27. The number of nitrogens with zero attached hydrogens (tertiary/aromatic N) is 3. The number of hydrogen-bond acceptors (Lipinski definition) is 4. The van der Waals surface area contributed by atoms with Crippen LogP contribution in [0, 0.1) is 0 Å². The Morgan fingerprint density at radius 3 is 2.70 bits per heavy atom. The molecule has 1 amide bonds. The van der Waals surface area contributed by atoms with Gasteiger partial charge in [0, 0.05) is 57.9 Å². The first-order valence-electron chi connectivity index (χ1n) is 7.56. The summed E-state index contributed by atoms with van der Waals surface area (Å²) in [6.07, 6.45) is 3.51. The van der Waals surface area contributed by atoms with Crippen molar-refractivity contribution in [3.8, 4) is 0 Å². The van der Waals surface area contributed by atoms with Crippen LogP contribution in [0.2, 0.25) is 0 Å². The summed E-state index contributed by atoms with van der Waals surface area (Å²) in [5.74, 6) is -0.00500. The topological polar surface area (TPSA) is 45.7 Å². The van der Waals surface area contributed by atoms with E-state index in [0.29, 0.717) is 25.3 Å². The minimum Gasteiger partial charge on any atom is -0.383 e. The van der Waals surface area contributed by atoms with Crippen LogP contribution in [-0.4, -0.2) is 50.1 Å². The Hall–Kier alpha value is -2.40. The van der Waals surface area contributed by atoms with Crippen LogP contribution in [0.3, 0.4) is 0 Å². The van der Waals surface area contributed by atoms with E-state index in [4.69, 9.17) is 4.74 Å². The van der Waals surface area contributed by atoms with Gasteiger partial charge in [0.15, 0.2) is 0 Å². The lowest BCUT2D eigenvalue weighted by Crippen LogP contribution is -2.33. The molecule has 1 heterocycles. The first kappa shape index (κ1) is 17.0. The van der Waals surface area contributed by atoms with E-state index in [-0.39, 0.29) is 5.91 Å². The van der Waals surface area contributed by atoms with Gasteiger partial charge in [0.05, 0.1) is 6.61 Å². The van der Waals surface area contributed by atoms with E-state index in [1.165, 1.54) is 0 Å². The van der Waals surface area contributed by atoms with Gasteiger partial charge in [-0.2, -0.15) is 0 Å². The van der Waals surface area contributed by atoms with E-state index in [9.17, 15) is 4.79 Å². The number of carbonyl (C=O) groups excluding carboxylic acids is 1. The van der Waals surface area contributed by atoms with Crippen molar-refractivity contribution in [1.29, 1.82) is 0 Å². The maximum absolute atomic E-state index is 12.9. The molecule has 0 aliphatic rings. The van der Waals surface area contributed by atoms with Gasteiger partial charge in [-0.1, -0.05) is 12.1 Å². The third-order valence-electron chi connectivity index (χ3n) is 3.56. The standard InChI is InChI=1S/C18H23N3O2/c1-20(2)17-8-4-7-16(12-17)18(22)21(10-11-23-3)14-15-6-5-9-19-13-15/h4-9,12-13H,10-11,14H2,1-3H3. The molecule has 0 unspecified atom stereocenters. The molecule has 0 saturated heterocycles. The maximum atomic E-state index is 12.9. The first-order chi connectivity index (χ1) is 11.1. The number of methoxy groups -OCH3 is 1. The fraction of sp³-hybridized carbons (Fsp3) is 0.333. The average Bonchev–Trinajstić information content (AvgIpc) is 2.59. The molecule has 0 radical (unpaired) electrons. The largest absolute Gasteiger partial charge is 0.383 e. The van der Waals surface area contributed by atoms with Crippen LogP contribution < -0.4 is 4.90 Å². The zero-order valence-corrected chi connectivity index (χ0v) is 13.9. The number of anilines is 1. The summed E-state index contributed by atoms with van der Waals surface area (Å²) in [5, 5.41) is 0. The second-order valence-corrected chi connectivity index (χ2v) is 5.53. The average molecular weight is 313 g/mol. The fourth-order valence-electron chi connectivity index (χ4n) is 2.27. The molecule has 2 rings (SSSR count). The Morgan fingerprint density at radius 2 is 2.04 bits per heavy atom. The maximum Gasteiger partial charge on any atom is 0.254 e. The highest BCUT2D eigenvalue weighted by Gasteiger charge is 2.16. The summed E-state index contributed by atoms with van der Waals surface area (Å²) in [7, 11) is 5.56. The highest BCUT2D eigenvalue weighted by molar-refractivity contribution is 5.95. The molecule has 0 aliphatic heterocycles. The molecular weight excluding hydrogens is 290 g/mol. The lowest BCUT2D eigenvalue weighted by molar-refractivity contribution is 0.0680. The van der Waals surface area contributed by atoms with Crippen molar-refractivity contribution >= 4 is 11.6 Å². The summed E-state index contributed by atoms with van der Waals surface area (Å²) >= 11 is 0. The summed E-state index contributed by atoms with van der Waals surface area (Å²) in [6, 6.07) is 11.5. The van der Waals surface area contributed by atoms with Crippen molar-refractivity contribution in [1.82, 2.24) is 9.88 Å². The number of benzene rings is 1. The van der Waals surface area contributed by atoms with Crippen molar-refractivity contribution < 1.29 is 9.53 Å². The zero-order chi connectivity index (χ0) is 16.7. The summed E-state index contributed by atoms with van der Waals surface area (Å²) in [6.45, 7) is 1.55. The molecular formula is C18H23N3O2. The van der Waals surface area contributed by atoms with Gasteiger partial charge in [0.1, 0.15) is 0 Å². The lowest BCUT2D eigenvalue weighted by Gasteiger charge is -2.23. The van der Waals surface area contributed by atoms with Gasteiger partial charge in [0.25, 0.3) is 5.91 Å². The number of hydrogen-bond donors (Lipinski definition) is 0. The summed E-state index contributed by atoms with van der Waals surface area (Å²) < 4.78 is 5.14. The Balaban J connectivity index is 2.20. The zero-order valence-electron chi connectivity index (χ0n) is 13.9. The van der Waals surface area contributed by atoms with Crippen molar-refractivity contribution in [2.45, 2.75) is 6.54 Å². The van der Waals surface area contributed by atoms with Crippen molar-refractivity contribution in [3.63, 3.8) is 0 Å². The highest BCUT2D eigenvalue weighted by Crippen LogP contribution is 2.16. The molecule has 0 aliphatic carbocycles. The Bertz CT molecular complexity index is 629. The summed E-state index contributed by atoms with van der Waals surface area (Å²) in [5.41, 5.74) is 2.68. The van der Waals surface area contributed by atoms with Gasteiger partial charge in [-0.25, -0.2) is 0 Å². The molecule has 2 aromatic rings. The Kier molecular flexibility index (Phi) is 6.11. The number of rotatable bonds is 7. The van der Waals surface area contributed by atoms with E-state index in [1.807, 2.05) is 55.4 Å². The first-order valence-corrected chi connectivity index (χ1v) is 7.56. The highest BCUT2D eigenvalue weighted by atomic mass is 16.5.